The molecule has 1 rings (SSSR count). The van der Waals surface area contributed by atoms with Crippen LogP contribution in [0.5, 0.6) is 0 Å². The van der Waals surface area contributed by atoms with Gasteiger partial charge in [-0.2, -0.15) is 0 Å². The molecule has 62 valence electrons. The van der Waals surface area contributed by atoms with Crippen molar-refractivity contribution in [3.05, 3.63) is 30.5 Å². The van der Waals surface area contributed by atoms with Gasteiger partial charge in [0.2, 0.25) is 0 Å². The van der Waals surface area contributed by atoms with Crippen molar-refractivity contribution in [1.82, 2.24) is 9.97 Å². The van der Waals surface area contributed by atoms with Gasteiger partial charge in [-0.3, -0.25) is 0 Å². The molecule has 0 saturated heterocycles. The molecule has 0 amide bonds. The lowest BCUT2D eigenvalue weighted by atomic mass is 10.3. The molecule has 0 unspecified atom stereocenters. The van der Waals surface area contributed by atoms with Gasteiger partial charge in [0, 0.05) is 18.6 Å². The lowest BCUT2D eigenvalue weighted by molar-refractivity contribution is -0.130. The SMILES string of the molecule is NC=C(C(=O)O)c1ncccn1. The fraction of sp³-hybridized carbons (Fsp3) is 0. The van der Waals surface area contributed by atoms with Gasteiger partial charge in [-0.1, -0.05) is 0 Å². The highest BCUT2D eigenvalue weighted by atomic mass is 16.4. The molecule has 0 bridgehead atoms. The summed E-state index contributed by atoms with van der Waals surface area (Å²) in [7, 11) is 0. The lowest BCUT2D eigenvalue weighted by Gasteiger charge is -1.96. The van der Waals surface area contributed by atoms with Gasteiger partial charge in [0.25, 0.3) is 0 Å². The Bertz CT molecular complexity index is 308. The van der Waals surface area contributed by atoms with Gasteiger partial charge < -0.3 is 10.8 Å². The molecule has 0 saturated carbocycles. The van der Waals surface area contributed by atoms with E-state index in [1.165, 1.54) is 12.4 Å². The molecule has 0 aliphatic rings. The molecule has 5 heteroatoms. The van der Waals surface area contributed by atoms with Crippen molar-refractivity contribution in [1.29, 1.82) is 0 Å². The van der Waals surface area contributed by atoms with Crippen LogP contribution in [0.4, 0.5) is 0 Å². The van der Waals surface area contributed by atoms with Gasteiger partial charge in [-0.05, 0) is 6.07 Å². The first-order chi connectivity index (χ1) is 5.75. The summed E-state index contributed by atoms with van der Waals surface area (Å²) >= 11 is 0. The molecule has 3 N–H and O–H groups in total. The van der Waals surface area contributed by atoms with Crippen molar-refractivity contribution in [2.75, 3.05) is 0 Å². The van der Waals surface area contributed by atoms with Crippen LogP contribution in [0.3, 0.4) is 0 Å². The normalized spacial score (nSPS) is 11.2. The molecule has 1 heterocycles. The van der Waals surface area contributed by atoms with E-state index in [1.807, 2.05) is 0 Å². The molecule has 0 radical (unpaired) electrons. The van der Waals surface area contributed by atoms with Gasteiger partial charge in [-0.15, -0.1) is 0 Å². The fourth-order valence-electron chi connectivity index (χ4n) is 0.680. The number of rotatable bonds is 2. The number of nitrogens with zero attached hydrogens (tertiary/aromatic N) is 2. The number of hydrogen-bond donors (Lipinski definition) is 2. The van der Waals surface area contributed by atoms with Crippen molar-refractivity contribution in [3.63, 3.8) is 0 Å². The number of aliphatic carboxylic acids is 1. The van der Waals surface area contributed by atoms with Gasteiger partial charge in [-0.25, -0.2) is 14.8 Å². The predicted molar refractivity (Wildman–Crippen MR) is 41.8 cm³/mol. The van der Waals surface area contributed by atoms with Crippen LogP contribution in [0.15, 0.2) is 24.7 Å². The molecule has 12 heavy (non-hydrogen) atoms. The smallest absolute Gasteiger partial charge is 0.341 e. The Balaban J connectivity index is 3.05. The van der Waals surface area contributed by atoms with E-state index in [-0.39, 0.29) is 11.4 Å². The lowest BCUT2D eigenvalue weighted by Crippen LogP contribution is -2.05. The molecule has 0 spiro atoms. The van der Waals surface area contributed by atoms with E-state index < -0.39 is 5.97 Å². The molecule has 0 aromatic carbocycles. The number of nitrogens with two attached hydrogens (primary N) is 1. The molecule has 0 atom stereocenters. The zero-order valence-corrected chi connectivity index (χ0v) is 6.14. The molecule has 1 aromatic rings. The third-order valence-electron chi connectivity index (χ3n) is 1.20. The van der Waals surface area contributed by atoms with Crippen molar-refractivity contribution in [3.8, 4) is 0 Å². The maximum atomic E-state index is 10.5. The van der Waals surface area contributed by atoms with E-state index in [9.17, 15) is 4.79 Å². The highest BCUT2D eigenvalue weighted by Gasteiger charge is 2.10. The largest absolute Gasteiger partial charge is 0.477 e. The standard InChI is InChI=1S/C7H7N3O2/c8-4-5(7(11)12)6-9-2-1-3-10-6/h1-4H,8H2,(H,11,12). The van der Waals surface area contributed by atoms with Crippen molar-refractivity contribution >= 4 is 11.5 Å². The summed E-state index contributed by atoms with van der Waals surface area (Å²) in [5.41, 5.74) is 4.98. The van der Waals surface area contributed by atoms with Crippen LogP contribution >= 0.6 is 0 Å². The van der Waals surface area contributed by atoms with E-state index in [0.29, 0.717) is 0 Å². The first kappa shape index (κ1) is 8.19. The summed E-state index contributed by atoms with van der Waals surface area (Å²) in [6.45, 7) is 0. The van der Waals surface area contributed by atoms with E-state index in [2.05, 4.69) is 9.97 Å². The Kier molecular flexibility index (Phi) is 2.37. The van der Waals surface area contributed by atoms with Crippen molar-refractivity contribution in [2.45, 2.75) is 0 Å². The molecule has 0 aliphatic heterocycles. The average molecular weight is 165 g/mol. The van der Waals surface area contributed by atoms with Crippen LogP contribution in [0.1, 0.15) is 5.82 Å². The molecule has 0 fully saturated rings. The number of carboxylic acids is 1. The van der Waals surface area contributed by atoms with E-state index >= 15 is 0 Å². The zero-order chi connectivity index (χ0) is 8.97. The number of carboxylic acid groups (broad SMARTS) is 1. The summed E-state index contributed by atoms with van der Waals surface area (Å²) in [4.78, 5) is 18.0. The van der Waals surface area contributed by atoms with Crippen molar-refractivity contribution in [2.24, 2.45) is 5.73 Å². The maximum Gasteiger partial charge on any atom is 0.341 e. The summed E-state index contributed by atoms with van der Waals surface area (Å²) in [6.07, 6.45) is 3.88. The van der Waals surface area contributed by atoms with Gasteiger partial charge in [0.05, 0.1) is 0 Å². The van der Waals surface area contributed by atoms with E-state index in [4.69, 9.17) is 10.8 Å². The summed E-state index contributed by atoms with van der Waals surface area (Å²) in [6, 6.07) is 1.60. The Morgan fingerprint density at radius 3 is 2.50 bits per heavy atom. The Morgan fingerprint density at radius 1 is 1.50 bits per heavy atom. The van der Waals surface area contributed by atoms with Crippen LogP contribution in [0.2, 0.25) is 0 Å². The number of carbonyl (C=O) groups is 1. The summed E-state index contributed by atoms with van der Waals surface area (Å²) < 4.78 is 0. The summed E-state index contributed by atoms with van der Waals surface area (Å²) in [5, 5.41) is 8.60. The van der Waals surface area contributed by atoms with Crippen LogP contribution < -0.4 is 5.73 Å². The number of aromatic nitrogens is 2. The second-order valence-electron chi connectivity index (χ2n) is 1.96. The minimum atomic E-state index is -1.14. The first-order valence-corrected chi connectivity index (χ1v) is 3.18. The average Bonchev–Trinajstić information content (AvgIpc) is 2.07. The quantitative estimate of drug-likeness (QED) is 0.595. The van der Waals surface area contributed by atoms with E-state index in [0.717, 1.165) is 6.20 Å². The summed E-state index contributed by atoms with van der Waals surface area (Å²) in [5.74, 6) is -1.02. The minimum Gasteiger partial charge on any atom is -0.477 e. The van der Waals surface area contributed by atoms with Crippen LogP contribution in [-0.2, 0) is 4.79 Å². The number of hydrogen-bond acceptors (Lipinski definition) is 4. The Labute approximate surface area is 68.6 Å². The Morgan fingerprint density at radius 2 is 2.08 bits per heavy atom. The second-order valence-corrected chi connectivity index (χ2v) is 1.96. The van der Waals surface area contributed by atoms with Crippen LogP contribution in [-0.4, -0.2) is 21.0 Å². The van der Waals surface area contributed by atoms with Gasteiger partial charge >= 0.3 is 5.97 Å². The zero-order valence-electron chi connectivity index (χ0n) is 6.14. The van der Waals surface area contributed by atoms with Gasteiger partial charge in [0.1, 0.15) is 5.57 Å². The molecule has 0 aliphatic carbocycles. The fourth-order valence-corrected chi connectivity index (χ4v) is 0.680. The third kappa shape index (κ3) is 1.57. The van der Waals surface area contributed by atoms with Crippen LogP contribution in [0.25, 0.3) is 5.57 Å². The minimum absolute atomic E-state index is 0.101. The second kappa shape index (κ2) is 3.47. The third-order valence-corrected chi connectivity index (χ3v) is 1.20. The first-order valence-electron chi connectivity index (χ1n) is 3.18. The molecule has 1 aromatic heterocycles. The molecular weight excluding hydrogens is 158 g/mol. The van der Waals surface area contributed by atoms with Crippen LogP contribution in [0, 0.1) is 0 Å². The molecular formula is C7H7N3O2. The molecule has 5 nitrogen and oxygen atoms in total. The Hall–Kier alpha value is -1.91. The van der Waals surface area contributed by atoms with Gasteiger partial charge in [0.15, 0.2) is 5.82 Å². The maximum absolute atomic E-state index is 10.5. The van der Waals surface area contributed by atoms with Crippen molar-refractivity contribution < 1.29 is 9.90 Å². The monoisotopic (exact) mass is 165 g/mol. The van der Waals surface area contributed by atoms with E-state index in [1.54, 1.807) is 6.07 Å². The predicted octanol–water partition coefficient (Wildman–Crippen LogP) is -0.139. The highest BCUT2D eigenvalue weighted by Crippen LogP contribution is 2.05. The topological polar surface area (TPSA) is 89.1 Å². The highest BCUT2D eigenvalue weighted by molar-refractivity contribution is 6.13.